The third-order valence-corrected chi connectivity index (χ3v) is 8.38. The number of amides is 1. The summed E-state index contributed by atoms with van der Waals surface area (Å²) in [5, 5.41) is 12.6. The number of furan rings is 1. The SMILES string of the molecule is CN(CCNC(=O)c1ccc(N2CCN(CCn3ncc4c3nc(N)n3nc(-c5ccco5)nc43)CC2)c(F)c1)C1COC1. The first-order chi connectivity index (χ1) is 21.4. The number of aromatic nitrogens is 6. The van der Waals surface area contributed by atoms with Gasteiger partial charge in [0.15, 0.2) is 17.1 Å². The standard InChI is InChI=1S/C29H34FN11O3/c1-37(20-17-43-18-20)7-6-32-28(42)19-4-5-23(22(30)15-19)39-11-8-38(9-12-39)10-13-40-26-21(16-33-40)27-34-25(24-3-2-14-44-24)36-41(27)29(31)35-26/h2-5,14-16,20H,6-13,17-18H2,1H3,(H2,31,35)(H,32,42). The maximum Gasteiger partial charge on any atom is 0.251 e. The summed E-state index contributed by atoms with van der Waals surface area (Å²) in [5.41, 5.74) is 8.25. The van der Waals surface area contributed by atoms with Crippen LogP contribution in [0.1, 0.15) is 10.4 Å². The predicted octanol–water partition coefficient (Wildman–Crippen LogP) is 1.34. The molecule has 0 spiro atoms. The number of nitrogen functional groups attached to an aromatic ring is 1. The number of nitrogens with one attached hydrogen (secondary N) is 1. The molecule has 5 aromatic rings. The Hall–Kier alpha value is -4.60. The molecule has 14 nitrogen and oxygen atoms in total. The highest BCUT2D eigenvalue weighted by Crippen LogP contribution is 2.25. The number of rotatable bonds is 10. The minimum Gasteiger partial charge on any atom is -0.461 e. The minimum absolute atomic E-state index is 0.214. The van der Waals surface area contributed by atoms with Crippen LogP contribution in [-0.2, 0) is 11.3 Å². The second-order valence-corrected chi connectivity index (χ2v) is 11.1. The number of piperazine rings is 1. The Morgan fingerprint density at radius 2 is 1.98 bits per heavy atom. The van der Waals surface area contributed by atoms with Crippen molar-refractivity contribution in [1.82, 2.24) is 44.5 Å². The van der Waals surface area contributed by atoms with Crippen LogP contribution in [0.25, 0.3) is 28.3 Å². The van der Waals surface area contributed by atoms with E-state index >= 15 is 4.39 Å². The van der Waals surface area contributed by atoms with Crippen molar-refractivity contribution in [3.05, 3.63) is 54.2 Å². The molecule has 0 saturated carbocycles. The second kappa shape index (κ2) is 11.8. The summed E-state index contributed by atoms with van der Waals surface area (Å²) >= 11 is 0. The smallest absolute Gasteiger partial charge is 0.251 e. The molecule has 2 aliphatic heterocycles. The van der Waals surface area contributed by atoms with Gasteiger partial charge in [0.25, 0.3) is 5.91 Å². The lowest BCUT2D eigenvalue weighted by Crippen LogP contribution is -2.49. The van der Waals surface area contributed by atoms with Crippen molar-refractivity contribution >= 4 is 34.2 Å². The van der Waals surface area contributed by atoms with Gasteiger partial charge in [0.05, 0.1) is 49.3 Å². The van der Waals surface area contributed by atoms with Crippen molar-refractivity contribution in [2.45, 2.75) is 12.6 Å². The Morgan fingerprint density at radius 1 is 1.14 bits per heavy atom. The molecule has 2 saturated heterocycles. The minimum atomic E-state index is -0.392. The zero-order valence-corrected chi connectivity index (χ0v) is 24.4. The third kappa shape index (κ3) is 5.44. The zero-order chi connectivity index (χ0) is 30.2. The number of halogens is 1. The largest absolute Gasteiger partial charge is 0.461 e. The summed E-state index contributed by atoms with van der Waals surface area (Å²) in [6, 6.07) is 8.68. The van der Waals surface area contributed by atoms with Crippen LogP contribution in [0.3, 0.4) is 0 Å². The van der Waals surface area contributed by atoms with Gasteiger partial charge >= 0.3 is 0 Å². The van der Waals surface area contributed by atoms with E-state index in [1.165, 1.54) is 10.6 Å². The van der Waals surface area contributed by atoms with E-state index in [0.29, 0.717) is 72.9 Å². The number of ether oxygens (including phenoxy) is 1. The molecule has 2 aliphatic rings. The molecule has 0 unspecified atom stereocenters. The first-order valence-electron chi connectivity index (χ1n) is 14.7. The lowest BCUT2D eigenvalue weighted by molar-refractivity contribution is -0.0552. The molecule has 0 atom stereocenters. The van der Waals surface area contributed by atoms with Crippen molar-refractivity contribution in [2.24, 2.45) is 0 Å². The summed E-state index contributed by atoms with van der Waals surface area (Å²) in [6.45, 7) is 6.86. The zero-order valence-electron chi connectivity index (χ0n) is 24.4. The van der Waals surface area contributed by atoms with E-state index in [1.807, 2.05) is 16.6 Å². The fourth-order valence-electron chi connectivity index (χ4n) is 5.59. The Kier molecular flexibility index (Phi) is 7.57. The van der Waals surface area contributed by atoms with Crippen LogP contribution in [0.2, 0.25) is 0 Å². The van der Waals surface area contributed by atoms with Crippen LogP contribution in [0.5, 0.6) is 0 Å². The molecule has 7 rings (SSSR count). The second-order valence-electron chi connectivity index (χ2n) is 11.1. The van der Waals surface area contributed by atoms with Crippen LogP contribution in [-0.4, -0.2) is 117 Å². The fourth-order valence-corrected chi connectivity index (χ4v) is 5.59. The molecule has 0 radical (unpaired) electrons. The number of anilines is 2. The van der Waals surface area contributed by atoms with Gasteiger partial charge < -0.3 is 25.1 Å². The van der Waals surface area contributed by atoms with Gasteiger partial charge in [-0.1, -0.05) is 0 Å². The lowest BCUT2D eigenvalue weighted by Gasteiger charge is -2.36. The van der Waals surface area contributed by atoms with Gasteiger partial charge in [-0.3, -0.25) is 14.6 Å². The molecule has 0 bridgehead atoms. The number of carbonyl (C=O) groups is 1. The summed E-state index contributed by atoms with van der Waals surface area (Å²) < 4.78 is 29.1. The van der Waals surface area contributed by atoms with E-state index in [-0.39, 0.29) is 11.9 Å². The number of nitrogens with two attached hydrogens (primary N) is 1. The molecule has 2 fully saturated rings. The predicted molar refractivity (Wildman–Crippen MR) is 161 cm³/mol. The van der Waals surface area contributed by atoms with E-state index < -0.39 is 5.82 Å². The molecule has 230 valence electrons. The normalized spacial score (nSPS) is 16.3. The molecule has 1 aromatic carbocycles. The average Bonchev–Trinajstić information content (AvgIpc) is 3.76. The summed E-state index contributed by atoms with van der Waals surface area (Å²) in [7, 11) is 2.01. The Labute approximate surface area is 252 Å². The summed E-state index contributed by atoms with van der Waals surface area (Å²) in [5.74, 6) is 0.518. The van der Waals surface area contributed by atoms with Gasteiger partial charge in [0.1, 0.15) is 5.82 Å². The molecule has 3 N–H and O–H groups in total. The lowest BCUT2D eigenvalue weighted by atomic mass is 10.1. The van der Waals surface area contributed by atoms with E-state index in [9.17, 15) is 4.79 Å². The van der Waals surface area contributed by atoms with Crippen LogP contribution in [0, 0.1) is 5.82 Å². The highest BCUT2D eigenvalue weighted by molar-refractivity contribution is 5.94. The summed E-state index contributed by atoms with van der Waals surface area (Å²) in [6.07, 6.45) is 3.30. The highest BCUT2D eigenvalue weighted by Gasteiger charge is 2.24. The third-order valence-electron chi connectivity index (χ3n) is 8.38. The fraction of sp³-hybridized carbons (Fsp3) is 0.414. The number of likely N-dealkylation sites (N-methyl/N-ethyl adjacent to an activating group) is 1. The molecule has 44 heavy (non-hydrogen) atoms. The maximum atomic E-state index is 15.1. The Balaban J connectivity index is 0.933. The molecule has 4 aromatic heterocycles. The molecular weight excluding hydrogens is 569 g/mol. The number of fused-ring (bicyclic) bond motifs is 3. The van der Waals surface area contributed by atoms with Crippen LogP contribution >= 0.6 is 0 Å². The maximum absolute atomic E-state index is 15.1. The quantitative estimate of drug-likeness (QED) is 0.238. The van der Waals surface area contributed by atoms with Gasteiger partial charge in [0.2, 0.25) is 11.8 Å². The van der Waals surface area contributed by atoms with Crippen LogP contribution in [0.4, 0.5) is 16.0 Å². The average molecular weight is 604 g/mol. The Bertz CT molecular complexity index is 1770. The monoisotopic (exact) mass is 603 g/mol. The first kappa shape index (κ1) is 28.2. The number of hydrogen-bond donors (Lipinski definition) is 2. The molecule has 1 amide bonds. The molecule has 6 heterocycles. The molecular formula is C29H34FN11O3. The first-order valence-corrected chi connectivity index (χ1v) is 14.7. The topological polar surface area (TPSA) is 148 Å². The van der Waals surface area contributed by atoms with Crippen molar-refractivity contribution in [3.63, 3.8) is 0 Å². The molecule has 0 aliphatic carbocycles. The van der Waals surface area contributed by atoms with Crippen molar-refractivity contribution < 1.29 is 18.3 Å². The Morgan fingerprint density at radius 3 is 2.70 bits per heavy atom. The van der Waals surface area contributed by atoms with Crippen LogP contribution < -0.4 is 16.0 Å². The van der Waals surface area contributed by atoms with Gasteiger partial charge in [-0.25, -0.2) is 14.1 Å². The van der Waals surface area contributed by atoms with E-state index in [1.54, 1.807) is 36.7 Å². The van der Waals surface area contributed by atoms with Crippen LogP contribution in [0.15, 0.2) is 47.2 Å². The number of nitrogens with zero attached hydrogens (tertiary/aromatic N) is 9. The van der Waals surface area contributed by atoms with Gasteiger partial charge in [0, 0.05) is 51.4 Å². The van der Waals surface area contributed by atoms with Crippen molar-refractivity contribution in [1.29, 1.82) is 0 Å². The van der Waals surface area contributed by atoms with E-state index in [0.717, 1.165) is 38.2 Å². The van der Waals surface area contributed by atoms with Crippen molar-refractivity contribution in [2.75, 3.05) is 76.7 Å². The summed E-state index contributed by atoms with van der Waals surface area (Å²) in [4.78, 5) is 28.2. The van der Waals surface area contributed by atoms with Crippen molar-refractivity contribution in [3.8, 4) is 11.6 Å². The van der Waals surface area contributed by atoms with Gasteiger partial charge in [-0.15, -0.1) is 5.10 Å². The van der Waals surface area contributed by atoms with Gasteiger partial charge in [-0.2, -0.15) is 14.6 Å². The number of hydrogen-bond acceptors (Lipinski definition) is 11. The van der Waals surface area contributed by atoms with Gasteiger partial charge in [-0.05, 0) is 37.4 Å². The number of carbonyl (C=O) groups excluding carboxylic acids is 1. The molecule has 15 heteroatoms. The highest BCUT2D eigenvalue weighted by atomic mass is 19.1. The number of benzene rings is 1. The van der Waals surface area contributed by atoms with E-state index in [4.69, 9.17) is 14.9 Å². The van der Waals surface area contributed by atoms with E-state index in [2.05, 4.69) is 35.3 Å².